The normalized spacial score (nSPS) is 13.3. The zero-order chi connectivity index (χ0) is 17.6. The lowest BCUT2D eigenvalue weighted by Crippen LogP contribution is -2.40. The van der Waals surface area contributed by atoms with Gasteiger partial charge in [-0.15, -0.1) is 11.3 Å². The van der Waals surface area contributed by atoms with Crippen LogP contribution in [0.3, 0.4) is 0 Å². The average Bonchev–Trinajstić information content (AvgIpc) is 2.96. The highest BCUT2D eigenvalue weighted by molar-refractivity contribution is 9.11. The Morgan fingerprint density at radius 3 is 2.22 bits per heavy atom. The van der Waals surface area contributed by atoms with E-state index in [1.165, 1.54) is 39.8 Å². The molecule has 11 heteroatoms. The van der Waals surface area contributed by atoms with Gasteiger partial charge < -0.3 is 23.6 Å². The molecule has 0 spiro atoms. The van der Waals surface area contributed by atoms with Crippen molar-refractivity contribution in [2.75, 3.05) is 35.0 Å². The third-order valence-electron chi connectivity index (χ3n) is 3.07. The Morgan fingerprint density at radius 1 is 1.30 bits per heavy atom. The average molecular weight is 432 g/mol. The van der Waals surface area contributed by atoms with Gasteiger partial charge in [-0.1, -0.05) is 0 Å². The second-order valence-corrected chi connectivity index (χ2v) is 9.05. The molecular weight excluding hydrogens is 413 g/mol. The molecule has 0 aromatic carbocycles. The van der Waals surface area contributed by atoms with Gasteiger partial charge in [-0.2, -0.15) is 0 Å². The van der Waals surface area contributed by atoms with Crippen LogP contribution in [0.5, 0.6) is 0 Å². The number of carboxylic acid groups (broad SMARTS) is 1. The molecule has 0 aliphatic heterocycles. The minimum atomic E-state index is -3.76. The maximum absolute atomic E-state index is 12.9. The van der Waals surface area contributed by atoms with E-state index in [4.69, 9.17) is 18.5 Å². The highest BCUT2D eigenvalue weighted by atomic mass is 79.9. The summed E-state index contributed by atoms with van der Waals surface area (Å²) in [6, 6.07) is 3.39. The molecule has 0 fully saturated rings. The van der Waals surface area contributed by atoms with Gasteiger partial charge in [0, 0.05) is 33.3 Å². The van der Waals surface area contributed by atoms with Crippen molar-refractivity contribution in [2.24, 2.45) is 0 Å². The minimum Gasteiger partial charge on any atom is -0.465 e. The summed E-state index contributed by atoms with van der Waals surface area (Å²) in [5.74, 6) is -1.14. The van der Waals surface area contributed by atoms with Gasteiger partial charge in [-0.3, -0.25) is 9.46 Å². The first-order chi connectivity index (χ1) is 10.8. The molecule has 0 saturated carbocycles. The molecule has 1 N–H and O–H groups in total. The molecule has 1 aromatic rings. The van der Waals surface area contributed by atoms with Crippen LogP contribution in [0.25, 0.3) is 0 Å². The lowest BCUT2D eigenvalue weighted by atomic mass is 10.4. The number of ether oxygens (including phenoxy) is 2. The van der Waals surface area contributed by atoms with E-state index < -0.39 is 25.8 Å². The summed E-state index contributed by atoms with van der Waals surface area (Å²) in [7, 11) is 1.43. The Labute approximate surface area is 146 Å². The van der Waals surface area contributed by atoms with Gasteiger partial charge in [0.15, 0.2) is 12.1 Å². The lowest BCUT2D eigenvalue weighted by molar-refractivity contribution is -0.114. The molecule has 0 aliphatic carbocycles. The van der Waals surface area contributed by atoms with Crippen LogP contribution < -0.4 is 0 Å². The number of nitrogens with zero attached hydrogens (tertiary/aromatic N) is 1. The Morgan fingerprint density at radius 2 is 1.87 bits per heavy atom. The molecule has 1 unspecified atom stereocenters. The number of carbonyl (C=O) groups is 1. The summed E-state index contributed by atoms with van der Waals surface area (Å²) in [5, 5.41) is 9.58. The predicted molar refractivity (Wildman–Crippen MR) is 88.9 cm³/mol. The van der Waals surface area contributed by atoms with E-state index in [0.717, 1.165) is 8.69 Å². The molecule has 8 nitrogen and oxygen atoms in total. The van der Waals surface area contributed by atoms with E-state index in [9.17, 15) is 14.5 Å². The Kier molecular flexibility index (Phi) is 8.15. The van der Waals surface area contributed by atoms with Crippen molar-refractivity contribution in [1.82, 2.24) is 4.90 Å². The molecule has 0 aliphatic rings. The van der Waals surface area contributed by atoms with Crippen molar-refractivity contribution in [3.63, 3.8) is 0 Å². The van der Waals surface area contributed by atoms with Gasteiger partial charge in [-0.05, 0) is 28.1 Å². The first-order valence-corrected chi connectivity index (χ1v) is 9.56. The number of thiophene rings is 1. The lowest BCUT2D eigenvalue weighted by Gasteiger charge is -2.33. The Balaban J connectivity index is 3.34. The number of amides is 1. The molecule has 1 atom stereocenters. The third-order valence-corrected chi connectivity index (χ3v) is 7.09. The molecule has 1 heterocycles. The molecule has 1 aromatic heterocycles. The fraction of sp³-hybridized carbons (Fsp3) is 0.583. The Hall–Kier alpha value is -0.480. The molecular formula is C12H19BrNO7PS. The second kappa shape index (κ2) is 9.12. The molecule has 1 amide bonds. The molecule has 0 saturated heterocycles. The van der Waals surface area contributed by atoms with Crippen LogP contribution in [0.4, 0.5) is 4.79 Å². The summed E-state index contributed by atoms with van der Waals surface area (Å²) < 4.78 is 33.8. The SMILES string of the molecule is COC(CN(C(=O)O)C(c1ccc(Br)s1)P(=O)(OC)OC)OC. The first-order valence-electron chi connectivity index (χ1n) is 6.34. The molecule has 132 valence electrons. The van der Waals surface area contributed by atoms with Crippen LogP contribution in [-0.4, -0.2) is 57.4 Å². The highest BCUT2D eigenvalue weighted by Crippen LogP contribution is 2.62. The molecule has 0 radical (unpaired) electrons. The van der Waals surface area contributed by atoms with E-state index in [1.807, 2.05) is 0 Å². The van der Waals surface area contributed by atoms with Crippen molar-refractivity contribution >= 4 is 41.0 Å². The first kappa shape index (κ1) is 20.6. The van der Waals surface area contributed by atoms with Crippen LogP contribution in [0.2, 0.25) is 0 Å². The van der Waals surface area contributed by atoms with Crippen molar-refractivity contribution in [1.29, 1.82) is 0 Å². The van der Waals surface area contributed by atoms with Gasteiger partial charge in [0.05, 0.1) is 10.3 Å². The van der Waals surface area contributed by atoms with Crippen LogP contribution in [0, 0.1) is 0 Å². The predicted octanol–water partition coefficient (Wildman–Crippen LogP) is 3.59. The number of methoxy groups -OCH3 is 2. The van der Waals surface area contributed by atoms with E-state index >= 15 is 0 Å². The van der Waals surface area contributed by atoms with Crippen molar-refractivity contribution in [3.05, 3.63) is 20.8 Å². The standard InChI is InChI=1S/C12H19BrNO7PS/c1-18-10(19-2)7-14(12(15)16)11(22(17,20-3)21-4)8-5-6-9(13)23-8/h5-6,10-11H,7H2,1-4H3,(H,15,16). The largest absolute Gasteiger partial charge is 0.465 e. The highest BCUT2D eigenvalue weighted by Gasteiger charge is 2.44. The van der Waals surface area contributed by atoms with Gasteiger partial charge in [0.25, 0.3) is 0 Å². The molecule has 1 rings (SSSR count). The molecule has 23 heavy (non-hydrogen) atoms. The topological polar surface area (TPSA) is 94.5 Å². The maximum Gasteiger partial charge on any atom is 0.408 e. The van der Waals surface area contributed by atoms with Gasteiger partial charge in [0.1, 0.15) is 0 Å². The van der Waals surface area contributed by atoms with Gasteiger partial charge in [-0.25, -0.2) is 4.79 Å². The summed E-state index contributed by atoms with van der Waals surface area (Å²) >= 11 is 4.55. The van der Waals surface area contributed by atoms with E-state index in [0.29, 0.717) is 4.88 Å². The maximum atomic E-state index is 12.9. The van der Waals surface area contributed by atoms with Crippen molar-refractivity contribution in [3.8, 4) is 0 Å². The zero-order valence-electron chi connectivity index (χ0n) is 13.1. The zero-order valence-corrected chi connectivity index (χ0v) is 16.4. The number of hydrogen-bond donors (Lipinski definition) is 1. The smallest absolute Gasteiger partial charge is 0.408 e. The van der Waals surface area contributed by atoms with Gasteiger partial charge in [0.2, 0.25) is 0 Å². The van der Waals surface area contributed by atoms with E-state index in [1.54, 1.807) is 12.1 Å². The fourth-order valence-corrected chi connectivity index (χ4v) is 5.36. The summed E-state index contributed by atoms with van der Waals surface area (Å²) in [6.07, 6.45) is -2.12. The second-order valence-electron chi connectivity index (χ2n) is 4.26. The van der Waals surface area contributed by atoms with Crippen LogP contribution in [0.15, 0.2) is 15.9 Å². The Bertz CT molecular complexity index is 557. The van der Waals surface area contributed by atoms with Gasteiger partial charge >= 0.3 is 13.7 Å². The fourth-order valence-electron chi connectivity index (χ4n) is 1.91. The summed E-state index contributed by atoms with van der Waals surface area (Å²) in [4.78, 5) is 13.2. The summed E-state index contributed by atoms with van der Waals surface area (Å²) in [5.41, 5.74) is 0. The monoisotopic (exact) mass is 431 g/mol. The van der Waals surface area contributed by atoms with Crippen molar-refractivity contribution < 1.29 is 33.0 Å². The van der Waals surface area contributed by atoms with E-state index in [2.05, 4.69) is 15.9 Å². The number of hydrogen-bond acceptors (Lipinski definition) is 7. The van der Waals surface area contributed by atoms with Crippen LogP contribution in [0.1, 0.15) is 10.7 Å². The minimum absolute atomic E-state index is 0.167. The molecule has 0 bridgehead atoms. The quantitative estimate of drug-likeness (QED) is 0.471. The number of rotatable bonds is 9. The third kappa shape index (κ3) is 4.99. The van der Waals surface area contributed by atoms with E-state index in [-0.39, 0.29) is 6.54 Å². The summed E-state index contributed by atoms with van der Waals surface area (Å²) in [6.45, 7) is -0.167. The van der Waals surface area contributed by atoms with Crippen LogP contribution in [-0.2, 0) is 23.1 Å². The number of halogens is 1. The van der Waals surface area contributed by atoms with Crippen molar-refractivity contribution in [2.45, 2.75) is 12.1 Å². The van der Waals surface area contributed by atoms with Crippen LogP contribution >= 0.6 is 34.9 Å².